The normalized spacial score (nSPS) is 12.3. The van der Waals surface area contributed by atoms with Gasteiger partial charge in [0, 0.05) is 0 Å². The molecule has 0 aliphatic heterocycles. The van der Waals surface area contributed by atoms with Crippen LogP contribution >= 0.6 is 0 Å². The molecule has 0 bridgehead atoms. The molecule has 0 aliphatic carbocycles. The minimum atomic E-state index is -0.874. The summed E-state index contributed by atoms with van der Waals surface area (Å²) < 4.78 is 5.03. The average molecular weight is 537 g/mol. The first-order valence-electron chi connectivity index (χ1n) is 16.6. The Labute approximate surface area is 236 Å². The third kappa shape index (κ3) is 27.7. The smallest absolute Gasteiger partial charge is 0.307 e. The number of carboxylic acids is 1. The van der Waals surface area contributed by atoms with Crippen molar-refractivity contribution in [3.05, 3.63) is 12.2 Å². The molecule has 0 saturated heterocycles. The van der Waals surface area contributed by atoms with Gasteiger partial charge in [-0.1, -0.05) is 148 Å². The molecule has 0 spiro atoms. The summed E-state index contributed by atoms with van der Waals surface area (Å²) in [5.74, 6) is -1.85. The predicted molar refractivity (Wildman–Crippen MR) is 163 cm³/mol. The second-order valence-electron chi connectivity index (χ2n) is 11.4. The number of carbonyl (C=O) groups excluding carboxylic acids is 1. The van der Waals surface area contributed by atoms with Crippen LogP contribution in [0.25, 0.3) is 0 Å². The van der Waals surface area contributed by atoms with Gasteiger partial charge in [-0.25, -0.2) is 0 Å². The number of aliphatic carboxylic acids is 1. The van der Waals surface area contributed by atoms with E-state index < -0.39 is 11.9 Å². The summed E-state index contributed by atoms with van der Waals surface area (Å²) in [6.45, 7) is 4.58. The number of rotatable bonds is 30. The lowest BCUT2D eigenvalue weighted by molar-refractivity contribution is -0.151. The molecule has 1 atom stereocenters. The Morgan fingerprint density at radius 3 is 1.37 bits per heavy atom. The lowest BCUT2D eigenvalue weighted by Crippen LogP contribution is -2.19. The van der Waals surface area contributed by atoms with Crippen molar-refractivity contribution in [1.82, 2.24) is 0 Å². The summed E-state index contributed by atoms with van der Waals surface area (Å²) in [7, 11) is 0. The van der Waals surface area contributed by atoms with E-state index in [0.717, 1.165) is 19.3 Å². The fourth-order valence-corrected chi connectivity index (χ4v) is 5.02. The van der Waals surface area contributed by atoms with Gasteiger partial charge in [-0.05, 0) is 38.5 Å². The first-order valence-corrected chi connectivity index (χ1v) is 16.6. The zero-order valence-corrected chi connectivity index (χ0v) is 25.5. The van der Waals surface area contributed by atoms with E-state index in [1.165, 1.54) is 135 Å². The Balaban J connectivity index is 3.31. The van der Waals surface area contributed by atoms with Crippen LogP contribution in [-0.2, 0) is 14.3 Å². The van der Waals surface area contributed by atoms with Gasteiger partial charge in [-0.2, -0.15) is 0 Å². The summed E-state index contributed by atoms with van der Waals surface area (Å²) in [5.41, 5.74) is 0. The van der Waals surface area contributed by atoms with Crippen molar-refractivity contribution in [3.63, 3.8) is 0 Å². The van der Waals surface area contributed by atoms with Gasteiger partial charge in [0.05, 0.1) is 18.9 Å². The SMILES string of the molecule is CCCCCC/C=C/CCCCCCCCCCCCCCCCCCCC(CC(=O)OCCC)C(=O)O. The quantitative estimate of drug-likeness (QED) is 0.0563. The van der Waals surface area contributed by atoms with Crippen molar-refractivity contribution in [2.24, 2.45) is 5.92 Å². The number of unbranched alkanes of at least 4 members (excludes halogenated alkanes) is 21. The molecule has 0 rings (SSSR count). The van der Waals surface area contributed by atoms with Crippen LogP contribution in [0.5, 0.6) is 0 Å². The maximum atomic E-state index is 11.7. The highest BCUT2D eigenvalue weighted by Gasteiger charge is 2.21. The summed E-state index contributed by atoms with van der Waals surface area (Å²) in [6, 6.07) is 0. The molecule has 0 amide bonds. The lowest BCUT2D eigenvalue weighted by Gasteiger charge is -2.11. The Morgan fingerprint density at radius 1 is 0.579 bits per heavy atom. The minimum Gasteiger partial charge on any atom is -0.481 e. The molecule has 0 radical (unpaired) electrons. The summed E-state index contributed by atoms with van der Waals surface area (Å²) in [6.07, 6.45) is 36.5. The number of hydrogen-bond donors (Lipinski definition) is 1. The van der Waals surface area contributed by atoms with E-state index in [2.05, 4.69) is 19.1 Å². The fraction of sp³-hybridized carbons (Fsp3) is 0.882. The van der Waals surface area contributed by atoms with E-state index in [1.54, 1.807) is 0 Å². The standard InChI is InChI=1S/C34H64O4/c1-3-5-6-7-8-9-10-11-12-13-14-15-16-17-18-19-20-21-22-23-24-25-26-27-28-29-32(34(36)37)31-33(35)38-30-4-2/h9-10,32H,3-8,11-31H2,1-2H3,(H,36,37)/b10-9+. The topological polar surface area (TPSA) is 63.6 Å². The molecule has 0 aromatic rings. The van der Waals surface area contributed by atoms with Crippen molar-refractivity contribution < 1.29 is 19.4 Å². The summed E-state index contributed by atoms with van der Waals surface area (Å²) in [5, 5.41) is 9.33. The zero-order valence-electron chi connectivity index (χ0n) is 25.5. The fourth-order valence-electron chi connectivity index (χ4n) is 5.02. The molecular formula is C34H64O4. The maximum Gasteiger partial charge on any atom is 0.307 e. The third-order valence-corrected chi connectivity index (χ3v) is 7.54. The molecule has 0 saturated carbocycles. The first-order chi connectivity index (χ1) is 18.6. The zero-order chi connectivity index (χ0) is 27.9. The van der Waals surface area contributed by atoms with Gasteiger partial charge in [0.2, 0.25) is 0 Å². The molecule has 0 aromatic carbocycles. The number of ether oxygens (including phenoxy) is 1. The molecule has 0 aromatic heterocycles. The second kappa shape index (κ2) is 30.2. The molecule has 4 nitrogen and oxygen atoms in total. The van der Waals surface area contributed by atoms with Crippen molar-refractivity contribution >= 4 is 11.9 Å². The van der Waals surface area contributed by atoms with E-state index >= 15 is 0 Å². The van der Waals surface area contributed by atoms with E-state index in [0.29, 0.717) is 13.0 Å². The van der Waals surface area contributed by atoms with E-state index in [4.69, 9.17) is 4.74 Å². The van der Waals surface area contributed by atoms with Gasteiger partial charge in [0.1, 0.15) is 0 Å². The molecule has 4 heteroatoms. The third-order valence-electron chi connectivity index (χ3n) is 7.54. The Morgan fingerprint density at radius 2 is 0.974 bits per heavy atom. The van der Waals surface area contributed by atoms with Gasteiger partial charge in [0.15, 0.2) is 0 Å². The van der Waals surface area contributed by atoms with E-state index in [9.17, 15) is 14.7 Å². The van der Waals surface area contributed by atoms with E-state index in [1.807, 2.05) is 6.92 Å². The molecule has 1 unspecified atom stereocenters. The van der Waals surface area contributed by atoms with Gasteiger partial charge in [-0.3, -0.25) is 9.59 Å². The molecule has 1 N–H and O–H groups in total. The van der Waals surface area contributed by atoms with Crippen molar-refractivity contribution in [3.8, 4) is 0 Å². The first kappa shape index (κ1) is 36.7. The number of carbonyl (C=O) groups is 2. The number of hydrogen-bond acceptors (Lipinski definition) is 3. The highest BCUT2D eigenvalue weighted by Crippen LogP contribution is 2.18. The molecule has 0 heterocycles. The van der Waals surface area contributed by atoms with Gasteiger partial charge >= 0.3 is 11.9 Å². The van der Waals surface area contributed by atoms with Crippen LogP contribution in [0.2, 0.25) is 0 Å². The minimum absolute atomic E-state index is 0.00669. The average Bonchev–Trinajstić information content (AvgIpc) is 2.91. The number of esters is 1. The van der Waals surface area contributed by atoms with Crippen LogP contribution in [0.4, 0.5) is 0 Å². The Hall–Kier alpha value is -1.32. The molecule has 0 aliphatic rings. The largest absolute Gasteiger partial charge is 0.481 e. The number of allylic oxidation sites excluding steroid dienone is 2. The van der Waals surface area contributed by atoms with Crippen LogP contribution in [0.3, 0.4) is 0 Å². The van der Waals surface area contributed by atoms with Crippen molar-refractivity contribution in [2.75, 3.05) is 6.61 Å². The molecule has 38 heavy (non-hydrogen) atoms. The van der Waals surface area contributed by atoms with Crippen molar-refractivity contribution in [2.45, 2.75) is 181 Å². The maximum absolute atomic E-state index is 11.7. The Bertz CT molecular complexity index is 543. The summed E-state index contributed by atoms with van der Waals surface area (Å²) >= 11 is 0. The van der Waals surface area contributed by atoms with Crippen LogP contribution in [0, 0.1) is 5.92 Å². The van der Waals surface area contributed by atoms with Crippen molar-refractivity contribution in [1.29, 1.82) is 0 Å². The van der Waals surface area contributed by atoms with Crippen LogP contribution in [0.1, 0.15) is 181 Å². The second-order valence-corrected chi connectivity index (χ2v) is 11.4. The monoisotopic (exact) mass is 536 g/mol. The highest BCUT2D eigenvalue weighted by molar-refractivity contribution is 5.78. The highest BCUT2D eigenvalue weighted by atomic mass is 16.5. The summed E-state index contributed by atoms with van der Waals surface area (Å²) in [4.78, 5) is 23.0. The van der Waals surface area contributed by atoms with Gasteiger partial charge in [0.25, 0.3) is 0 Å². The number of carboxylic acid groups (broad SMARTS) is 1. The van der Waals surface area contributed by atoms with E-state index in [-0.39, 0.29) is 12.4 Å². The predicted octanol–water partition coefficient (Wildman–Crippen LogP) is 11.0. The Kier molecular flexibility index (Phi) is 29.2. The lowest BCUT2D eigenvalue weighted by atomic mass is 9.97. The molecule has 224 valence electrons. The molecule has 0 fully saturated rings. The van der Waals surface area contributed by atoms with Crippen LogP contribution in [0.15, 0.2) is 12.2 Å². The molecular weight excluding hydrogens is 472 g/mol. The van der Waals surface area contributed by atoms with Crippen LogP contribution in [-0.4, -0.2) is 23.7 Å². The van der Waals surface area contributed by atoms with Gasteiger partial charge < -0.3 is 9.84 Å². The van der Waals surface area contributed by atoms with Crippen LogP contribution < -0.4 is 0 Å². The van der Waals surface area contributed by atoms with Gasteiger partial charge in [-0.15, -0.1) is 0 Å².